The monoisotopic (exact) mass is 495 g/mol. The van der Waals surface area contributed by atoms with Crippen molar-refractivity contribution in [3.8, 4) is 5.69 Å². The highest BCUT2D eigenvalue weighted by molar-refractivity contribution is 9.10. The van der Waals surface area contributed by atoms with Crippen molar-refractivity contribution < 1.29 is 4.79 Å². The molecule has 31 heavy (non-hydrogen) atoms. The number of aromatic nitrogens is 3. The summed E-state index contributed by atoms with van der Waals surface area (Å²) in [6.45, 7) is 6.37. The Labute approximate surface area is 193 Å². The van der Waals surface area contributed by atoms with Gasteiger partial charge in [-0.3, -0.25) is 14.2 Å². The summed E-state index contributed by atoms with van der Waals surface area (Å²) < 4.78 is 4.55. The number of halogens is 1. The van der Waals surface area contributed by atoms with Crippen LogP contribution in [0.15, 0.2) is 69.0 Å². The lowest BCUT2D eigenvalue weighted by Gasteiger charge is -2.11. The highest BCUT2D eigenvalue weighted by Crippen LogP contribution is 2.25. The molecule has 0 N–H and O–H groups in total. The zero-order valence-corrected chi connectivity index (χ0v) is 20.0. The molecule has 5 nitrogen and oxygen atoms in total. The van der Waals surface area contributed by atoms with Gasteiger partial charge in [0.1, 0.15) is 0 Å². The summed E-state index contributed by atoms with van der Waals surface area (Å²) in [5.74, 6) is 0.237. The normalized spacial score (nSPS) is 11.2. The first-order valence-corrected chi connectivity index (χ1v) is 11.8. The molecule has 4 aromatic rings. The summed E-state index contributed by atoms with van der Waals surface area (Å²) in [5, 5.41) is 1.13. The molecule has 158 valence electrons. The van der Waals surface area contributed by atoms with Gasteiger partial charge in [0.15, 0.2) is 10.9 Å². The molecule has 0 unspecified atom stereocenters. The van der Waals surface area contributed by atoms with E-state index >= 15 is 0 Å². The van der Waals surface area contributed by atoms with Crippen molar-refractivity contribution in [1.82, 2.24) is 14.1 Å². The standard InChI is InChI=1S/C24H22BrN3O2S/c1-4-27-23(30)20-13-17(25)10-11-21(20)26-24(27)31-14-22(29)19-12-15(2)28(16(19)3)18-8-6-5-7-9-18/h5-13H,4,14H2,1-3H3. The molecular formula is C24H22BrN3O2S. The molecule has 0 atom stereocenters. The van der Waals surface area contributed by atoms with E-state index in [1.54, 1.807) is 10.6 Å². The van der Waals surface area contributed by atoms with E-state index in [0.717, 1.165) is 21.5 Å². The Hall–Kier alpha value is -2.64. The van der Waals surface area contributed by atoms with Crippen LogP contribution in [0, 0.1) is 13.8 Å². The lowest BCUT2D eigenvalue weighted by Crippen LogP contribution is -2.23. The second-order valence-electron chi connectivity index (χ2n) is 7.27. The molecule has 4 rings (SSSR count). The number of ketones is 1. The number of carbonyl (C=O) groups is 1. The number of para-hydroxylation sites is 1. The average Bonchev–Trinajstić information content (AvgIpc) is 3.07. The zero-order chi connectivity index (χ0) is 22.1. The summed E-state index contributed by atoms with van der Waals surface area (Å²) in [5.41, 5.74) is 4.20. The third-order valence-corrected chi connectivity index (χ3v) is 6.75. The van der Waals surface area contributed by atoms with Crippen LogP contribution in [-0.4, -0.2) is 25.7 Å². The molecular weight excluding hydrogens is 474 g/mol. The Morgan fingerprint density at radius 1 is 1.10 bits per heavy atom. The predicted octanol–water partition coefficient (Wildman–Crippen LogP) is 5.56. The van der Waals surface area contributed by atoms with Gasteiger partial charge < -0.3 is 4.57 Å². The summed E-state index contributed by atoms with van der Waals surface area (Å²) in [6, 6.07) is 17.4. The summed E-state index contributed by atoms with van der Waals surface area (Å²) in [7, 11) is 0. The maximum atomic E-state index is 13.1. The number of thioether (sulfide) groups is 1. The highest BCUT2D eigenvalue weighted by atomic mass is 79.9. The lowest BCUT2D eigenvalue weighted by molar-refractivity contribution is 0.102. The van der Waals surface area contributed by atoms with Gasteiger partial charge in [0.2, 0.25) is 0 Å². The first kappa shape index (κ1) is 21.6. The van der Waals surface area contributed by atoms with Crippen LogP contribution < -0.4 is 5.56 Å². The average molecular weight is 496 g/mol. The van der Waals surface area contributed by atoms with Gasteiger partial charge in [-0.05, 0) is 57.2 Å². The molecule has 0 radical (unpaired) electrons. The van der Waals surface area contributed by atoms with E-state index in [-0.39, 0.29) is 17.1 Å². The summed E-state index contributed by atoms with van der Waals surface area (Å²) in [6.07, 6.45) is 0. The van der Waals surface area contributed by atoms with E-state index in [9.17, 15) is 9.59 Å². The van der Waals surface area contributed by atoms with Gasteiger partial charge >= 0.3 is 0 Å². The molecule has 0 saturated carbocycles. The molecule has 0 saturated heterocycles. The topological polar surface area (TPSA) is 56.9 Å². The summed E-state index contributed by atoms with van der Waals surface area (Å²) >= 11 is 4.72. The number of fused-ring (bicyclic) bond motifs is 1. The number of nitrogens with zero attached hydrogens (tertiary/aromatic N) is 3. The third kappa shape index (κ3) is 4.12. The molecule has 0 bridgehead atoms. The molecule has 0 aliphatic rings. The molecule has 2 aromatic carbocycles. The van der Waals surface area contributed by atoms with Crippen molar-refractivity contribution in [2.45, 2.75) is 32.5 Å². The number of rotatable bonds is 6. The Morgan fingerprint density at radius 2 is 1.84 bits per heavy atom. The van der Waals surface area contributed by atoms with E-state index in [2.05, 4.69) is 25.5 Å². The van der Waals surface area contributed by atoms with Crippen molar-refractivity contribution in [2.75, 3.05) is 5.75 Å². The minimum Gasteiger partial charge on any atom is -0.318 e. The van der Waals surface area contributed by atoms with Crippen molar-refractivity contribution in [3.63, 3.8) is 0 Å². The summed E-state index contributed by atoms with van der Waals surface area (Å²) in [4.78, 5) is 30.6. The number of aryl methyl sites for hydroxylation is 1. The van der Waals surface area contributed by atoms with Gasteiger partial charge in [-0.2, -0.15) is 0 Å². The van der Waals surface area contributed by atoms with E-state index in [1.165, 1.54) is 11.8 Å². The molecule has 0 spiro atoms. The van der Waals surface area contributed by atoms with Crippen LogP contribution in [0.3, 0.4) is 0 Å². The Bertz CT molecular complexity index is 1340. The van der Waals surface area contributed by atoms with Gasteiger partial charge in [-0.25, -0.2) is 4.98 Å². The fraction of sp³-hybridized carbons (Fsp3) is 0.208. The number of benzene rings is 2. The number of Topliss-reactive ketones (excluding diaryl/α,β-unsaturated/α-hetero) is 1. The largest absolute Gasteiger partial charge is 0.318 e. The quantitative estimate of drug-likeness (QED) is 0.199. The van der Waals surface area contributed by atoms with Crippen LogP contribution in [0.1, 0.15) is 28.7 Å². The molecule has 2 heterocycles. The first-order chi connectivity index (χ1) is 14.9. The van der Waals surface area contributed by atoms with Crippen LogP contribution in [0.25, 0.3) is 16.6 Å². The van der Waals surface area contributed by atoms with Crippen molar-refractivity contribution in [1.29, 1.82) is 0 Å². The van der Waals surface area contributed by atoms with Crippen LogP contribution >= 0.6 is 27.7 Å². The lowest BCUT2D eigenvalue weighted by atomic mass is 10.2. The van der Waals surface area contributed by atoms with Crippen LogP contribution in [0.4, 0.5) is 0 Å². The maximum absolute atomic E-state index is 13.1. The molecule has 0 fully saturated rings. The van der Waals surface area contributed by atoms with Crippen LogP contribution in [0.5, 0.6) is 0 Å². The van der Waals surface area contributed by atoms with Crippen LogP contribution in [-0.2, 0) is 6.54 Å². The highest BCUT2D eigenvalue weighted by Gasteiger charge is 2.18. The van der Waals surface area contributed by atoms with Gasteiger partial charge in [0.05, 0.1) is 16.7 Å². The minimum absolute atomic E-state index is 0.0214. The fourth-order valence-corrected chi connectivity index (χ4v) is 5.10. The smallest absolute Gasteiger partial charge is 0.262 e. The fourth-order valence-electron chi connectivity index (χ4n) is 3.79. The minimum atomic E-state index is -0.0917. The van der Waals surface area contributed by atoms with E-state index < -0.39 is 0 Å². The van der Waals surface area contributed by atoms with Crippen molar-refractivity contribution in [3.05, 3.63) is 86.4 Å². The predicted molar refractivity (Wildman–Crippen MR) is 130 cm³/mol. The molecule has 2 aromatic heterocycles. The first-order valence-electron chi connectivity index (χ1n) is 10.0. The number of carbonyl (C=O) groups excluding carboxylic acids is 1. The number of hydrogen-bond donors (Lipinski definition) is 0. The van der Waals surface area contributed by atoms with E-state index in [0.29, 0.717) is 28.2 Å². The Balaban J connectivity index is 1.63. The molecule has 7 heteroatoms. The van der Waals surface area contributed by atoms with E-state index in [4.69, 9.17) is 0 Å². The SMILES string of the molecule is CCn1c(SCC(=O)c2cc(C)n(-c3ccccc3)c2C)nc2ccc(Br)cc2c1=O. The maximum Gasteiger partial charge on any atom is 0.262 e. The van der Waals surface area contributed by atoms with Gasteiger partial charge in [-0.1, -0.05) is 45.9 Å². The van der Waals surface area contributed by atoms with Crippen molar-refractivity contribution in [2.24, 2.45) is 0 Å². The van der Waals surface area contributed by atoms with Crippen molar-refractivity contribution >= 4 is 44.4 Å². The molecule has 0 aliphatic carbocycles. The Morgan fingerprint density at radius 3 is 2.55 bits per heavy atom. The number of hydrogen-bond acceptors (Lipinski definition) is 4. The zero-order valence-electron chi connectivity index (χ0n) is 17.6. The van der Waals surface area contributed by atoms with Crippen LogP contribution in [0.2, 0.25) is 0 Å². The Kier molecular flexibility index (Phi) is 6.16. The second-order valence-corrected chi connectivity index (χ2v) is 9.13. The third-order valence-electron chi connectivity index (χ3n) is 5.28. The van der Waals surface area contributed by atoms with Gasteiger partial charge in [-0.15, -0.1) is 0 Å². The van der Waals surface area contributed by atoms with E-state index in [1.807, 2.05) is 69.3 Å². The van der Waals surface area contributed by atoms with Gasteiger partial charge in [0, 0.05) is 33.7 Å². The second kappa shape index (κ2) is 8.85. The molecule has 0 amide bonds. The van der Waals surface area contributed by atoms with Gasteiger partial charge in [0.25, 0.3) is 5.56 Å². The molecule has 0 aliphatic heterocycles.